The van der Waals surface area contributed by atoms with Crippen LogP contribution < -0.4 is 0 Å². The topological polar surface area (TPSA) is 29.5 Å². The second-order valence-corrected chi connectivity index (χ2v) is 3.52. The van der Waals surface area contributed by atoms with Crippen LogP contribution >= 0.6 is 0 Å². The van der Waals surface area contributed by atoms with E-state index < -0.39 is 0 Å². The predicted octanol–water partition coefficient (Wildman–Crippen LogP) is 1.58. The molecule has 0 heterocycles. The van der Waals surface area contributed by atoms with Gasteiger partial charge in [0.1, 0.15) is 0 Å². The van der Waals surface area contributed by atoms with Crippen LogP contribution in [0.15, 0.2) is 0 Å². The highest BCUT2D eigenvalue weighted by molar-refractivity contribution is 4.91. The smallest absolute Gasteiger partial charge is 0.0488 e. The van der Waals surface area contributed by atoms with Crippen LogP contribution in [0, 0.1) is 5.41 Å². The fourth-order valence-corrected chi connectivity index (χ4v) is 1.20. The molecule has 1 rings (SSSR count). The molecular formula is C9H18O2. The lowest BCUT2D eigenvalue weighted by Gasteiger charge is -2.10. The second-order valence-electron chi connectivity index (χ2n) is 3.52. The summed E-state index contributed by atoms with van der Waals surface area (Å²) in [6.07, 6.45) is 4.52. The molecule has 0 aromatic carbocycles. The summed E-state index contributed by atoms with van der Waals surface area (Å²) in [6.45, 7) is 4.15. The fraction of sp³-hybridized carbons (Fsp3) is 1.00. The van der Waals surface area contributed by atoms with Crippen molar-refractivity contribution in [1.82, 2.24) is 0 Å². The standard InChI is InChI=1S/C9H18O2/c1-2-6-11-7-5-9(8-10)3-4-9/h10H,2-8H2,1H3. The van der Waals surface area contributed by atoms with Gasteiger partial charge in [-0.05, 0) is 31.1 Å². The van der Waals surface area contributed by atoms with Crippen molar-refractivity contribution in [3.05, 3.63) is 0 Å². The Morgan fingerprint density at radius 2 is 2.09 bits per heavy atom. The van der Waals surface area contributed by atoms with Crippen LogP contribution in [0.25, 0.3) is 0 Å². The van der Waals surface area contributed by atoms with Gasteiger partial charge in [0.15, 0.2) is 0 Å². The molecule has 0 aromatic rings. The first-order chi connectivity index (χ1) is 5.33. The molecule has 0 bridgehead atoms. The molecule has 0 spiro atoms. The van der Waals surface area contributed by atoms with Gasteiger partial charge in [-0.25, -0.2) is 0 Å². The molecular weight excluding hydrogens is 140 g/mol. The highest BCUT2D eigenvalue weighted by Gasteiger charge is 2.41. The van der Waals surface area contributed by atoms with E-state index in [-0.39, 0.29) is 5.41 Å². The molecule has 0 unspecified atom stereocenters. The van der Waals surface area contributed by atoms with E-state index in [2.05, 4.69) is 6.92 Å². The van der Waals surface area contributed by atoms with Crippen molar-refractivity contribution in [3.8, 4) is 0 Å². The average Bonchev–Trinajstić information content (AvgIpc) is 2.80. The zero-order valence-corrected chi connectivity index (χ0v) is 7.31. The molecule has 66 valence electrons. The van der Waals surface area contributed by atoms with Crippen molar-refractivity contribution in [2.75, 3.05) is 19.8 Å². The van der Waals surface area contributed by atoms with Gasteiger partial charge in [0, 0.05) is 19.8 Å². The van der Waals surface area contributed by atoms with Crippen molar-refractivity contribution in [2.45, 2.75) is 32.6 Å². The molecule has 1 aliphatic rings. The molecule has 1 saturated carbocycles. The third-order valence-electron chi connectivity index (χ3n) is 2.42. The maximum atomic E-state index is 8.96. The maximum absolute atomic E-state index is 8.96. The van der Waals surface area contributed by atoms with Crippen LogP contribution in [-0.4, -0.2) is 24.9 Å². The lowest BCUT2D eigenvalue weighted by molar-refractivity contribution is 0.0999. The van der Waals surface area contributed by atoms with Gasteiger partial charge in [0.05, 0.1) is 0 Å². The number of rotatable bonds is 6. The van der Waals surface area contributed by atoms with E-state index >= 15 is 0 Å². The molecule has 0 radical (unpaired) electrons. The fourth-order valence-electron chi connectivity index (χ4n) is 1.20. The van der Waals surface area contributed by atoms with Crippen molar-refractivity contribution >= 4 is 0 Å². The minimum Gasteiger partial charge on any atom is -0.396 e. The van der Waals surface area contributed by atoms with Gasteiger partial charge in [-0.2, -0.15) is 0 Å². The van der Waals surface area contributed by atoms with Gasteiger partial charge in [-0.1, -0.05) is 6.92 Å². The van der Waals surface area contributed by atoms with Crippen LogP contribution in [0.4, 0.5) is 0 Å². The van der Waals surface area contributed by atoms with E-state index in [9.17, 15) is 0 Å². The lowest BCUT2D eigenvalue weighted by atomic mass is 10.1. The largest absolute Gasteiger partial charge is 0.396 e. The Balaban J connectivity index is 1.94. The van der Waals surface area contributed by atoms with E-state index in [0.29, 0.717) is 6.61 Å². The van der Waals surface area contributed by atoms with Crippen LogP contribution in [0.5, 0.6) is 0 Å². The maximum Gasteiger partial charge on any atom is 0.0488 e. The SMILES string of the molecule is CCCOCCC1(CO)CC1. The lowest BCUT2D eigenvalue weighted by Crippen LogP contribution is -2.10. The first kappa shape index (κ1) is 9.01. The van der Waals surface area contributed by atoms with Crippen molar-refractivity contribution in [2.24, 2.45) is 5.41 Å². The molecule has 0 aliphatic heterocycles. The van der Waals surface area contributed by atoms with Crippen molar-refractivity contribution in [3.63, 3.8) is 0 Å². The Morgan fingerprint density at radius 1 is 1.36 bits per heavy atom. The molecule has 0 aromatic heterocycles. The van der Waals surface area contributed by atoms with Gasteiger partial charge in [-0.3, -0.25) is 0 Å². The van der Waals surface area contributed by atoms with Gasteiger partial charge in [0.25, 0.3) is 0 Å². The summed E-state index contributed by atoms with van der Waals surface area (Å²) in [5, 5.41) is 8.96. The number of aliphatic hydroxyl groups excluding tert-OH is 1. The Bertz CT molecular complexity index is 108. The van der Waals surface area contributed by atoms with E-state index in [0.717, 1.165) is 26.1 Å². The Kier molecular flexibility index (Phi) is 3.34. The van der Waals surface area contributed by atoms with Crippen molar-refractivity contribution < 1.29 is 9.84 Å². The molecule has 11 heavy (non-hydrogen) atoms. The summed E-state index contributed by atoms with van der Waals surface area (Å²) < 4.78 is 5.35. The van der Waals surface area contributed by atoms with Gasteiger partial charge in [0.2, 0.25) is 0 Å². The van der Waals surface area contributed by atoms with Gasteiger partial charge < -0.3 is 9.84 Å². The number of ether oxygens (including phenoxy) is 1. The first-order valence-corrected chi connectivity index (χ1v) is 4.51. The molecule has 0 atom stereocenters. The highest BCUT2D eigenvalue weighted by atomic mass is 16.5. The first-order valence-electron chi connectivity index (χ1n) is 4.51. The Hall–Kier alpha value is -0.0800. The molecule has 1 N–H and O–H groups in total. The summed E-state index contributed by atoms with van der Waals surface area (Å²) in [6, 6.07) is 0. The summed E-state index contributed by atoms with van der Waals surface area (Å²) in [5.74, 6) is 0. The van der Waals surface area contributed by atoms with E-state index in [1.807, 2.05) is 0 Å². The van der Waals surface area contributed by atoms with E-state index in [4.69, 9.17) is 9.84 Å². The zero-order valence-electron chi connectivity index (χ0n) is 7.31. The molecule has 2 nitrogen and oxygen atoms in total. The summed E-state index contributed by atoms with van der Waals surface area (Å²) >= 11 is 0. The van der Waals surface area contributed by atoms with Gasteiger partial charge >= 0.3 is 0 Å². The Morgan fingerprint density at radius 3 is 2.55 bits per heavy atom. The van der Waals surface area contributed by atoms with Crippen LogP contribution in [0.1, 0.15) is 32.6 Å². The third-order valence-corrected chi connectivity index (χ3v) is 2.42. The molecule has 1 fully saturated rings. The quantitative estimate of drug-likeness (QED) is 0.595. The minimum atomic E-state index is 0.272. The molecule has 0 saturated heterocycles. The average molecular weight is 158 g/mol. The summed E-state index contributed by atoms with van der Waals surface area (Å²) in [4.78, 5) is 0. The minimum absolute atomic E-state index is 0.272. The van der Waals surface area contributed by atoms with Crippen LogP contribution in [0.3, 0.4) is 0 Å². The molecule has 1 aliphatic carbocycles. The van der Waals surface area contributed by atoms with Crippen LogP contribution in [-0.2, 0) is 4.74 Å². The van der Waals surface area contributed by atoms with E-state index in [1.165, 1.54) is 12.8 Å². The highest BCUT2D eigenvalue weighted by Crippen LogP contribution is 2.47. The van der Waals surface area contributed by atoms with E-state index in [1.54, 1.807) is 0 Å². The van der Waals surface area contributed by atoms with Crippen LogP contribution in [0.2, 0.25) is 0 Å². The number of hydrogen-bond donors (Lipinski definition) is 1. The Labute approximate surface area is 68.6 Å². The third kappa shape index (κ3) is 2.80. The second kappa shape index (κ2) is 4.07. The summed E-state index contributed by atoms with van der Waals surface area (Å²) in [7, 11) is 0. The molecule has 0 amide bonds. The van der Waals surface area contributed by atoms with Crippen molar-refractivity contribution in [1.29, 1.82) is 0 Å². The monoisotopic (exact) mass is 158 g/mol. The zero-order chi connectivity index (χ0) is 8.16. The summed E-state index contributed by atoms with van der Waals surface area (Å²) in [5.41, 5.74) is 0.272. The number of aliphatic hydroxyl groups is 1. The predicted molar refractivity (Wildman–Crippen MR) is 44.5 cm³/mol. The van der Waals surface area contributed by atoms with Gasteiger partial charge in [-0.15, -0.1) is 0 Å². The molecule has 2 heteroatoms. The number of hydrogen-bond acceptors (Lipinski definition) is 2. The normalized spacial score (nSPS) is 20.2.